The van der Waals surface area contributed by atoms with E-state index in [0.29, 0.717) is 28.0 Å². The molecular weight excluding hydrogens is 348 g/mol. The van der Waals surface area contributed by atoms with E-state index in [9.17, 15) is 9.59 Å². The maximum absolute atomic E-state index is 11.8. The van der Waals surface area contributed by atoms with E-state index >= 15 is 0 Å². The molecule has 1 amide bonds. The number of aliphatic carboxylic acids is 1. The minimum absolute atomic E-state index is 0.0406. The highest BCUT2D eigenvalue weighted by Gasteiger charge is 2.12. The van der Waals surface area contributed by atoms with Crippen LogP contribution in [0.15, 0.2) is 64.0 Å². The summed E-state index contributed by atoms with van der Waals surface area (Å²) in [5.41, 5.74) is 7.19. The van der Waals surface area contributed by atoms with E-state index < -0.39 is 11.9 Å². The molecule has 3 aromatic rings. The van der Waals surface area contributed by atoms with Crippen molar-refractivity contribution < 1.29 is 23.8 Å². The molecule has 0 unspecified atom stereocenters. The molecule has 1 aromatic heterocycles. The second-order valence-corrected chi connectivity index (χ2v) is 5.59. The summed E-state index contributed by atoms with van der Waals surface area (Å²) in [6, 6.07) is 13.7. The van der Waals surface area contributed by atoms with E-state index in [1.807, 2.05) is 0 Å². The fourth-order valence-electron chi connectivity index (χ4n) is 2.53. The van der Waals surface area contributed by atoms with Crippen molar-refractivity contribution in [1.29, 1.82) is 0 Å². The van der Waals surface area contributed by atoms with Gasteiger partial charge in [-0.05, 0) is 35.9 Å². The maximum Gasteiger partial charge on any atom is 0.328 e. The lowest BCUT2D eigenvalue weighted by Crippen LogP contribution is -2.21. The number of ether oxygens (including phenoxy) is 1. The Bertz CT molecular complexity index is 1130. The number of primary amides is 1. The molecule has 136 valence electrons. The highest BCUT2D eigenvalue weighted by Crippen LogP contribution is 2.25. The summed E-state index contributed by atoms with van der Waals surface area (Å²) in [6.07, 6.45) is 2.47. The highest BCUT2D eigenvalue weighted by atomic mass is 16.5. The molecule has 0 atom stereocenters. The van der Waals surface area contributed by atoms with Gasteiger partial charge in [-0.15, -0.1) is 0 Å². The van der Waals surface area contributed by atoms with Gasteiger partial charge in [0, 0.05) is 11.5 Å². The Morgan fingerprint density at radius 2 is 1.96 bits per heavy atom. The van der Waals surface area contributed by atoms with Crippen molar-refractivity contribution in [3.63, 3.8) is 0 Å². The molecule has 0 spiro atoms. The van der Waals surface area contributed by atoms with Crippen molar-refractivity contribution in [3.05, 3.63) is 71.3 Å². The summed E-state index contributed by atoms with van der Waals surface area (Å²) in [7, 11) is 1.52. The van der Waals surface area contributed by atoms with Gasteiger partial charge in [-0.2, -0.15) is 0 Å². The molecule has 3 N–H and O–H groups in total. The Kier molecular flexibility index (Phi) is 5.03. The lowest BCUT2D eigenvalue weighted by atomic mass is 10.1. The molecule has 0 fully saturated rings. The Balaban J connectivity index is 2.20. The number of fused-ring (bicyclic) bond motifs is 1. The lowest BCUT2D eigenvalue weighted by Gasteiger charge is -2.06. The van der Waals surface area contributed by atoms with Gasteiger partial charge in [0.1, 0.15) is 5.56 Å². The van der Waals surface area contributed by atoms with Crippen LogP contribution in [0, 0.1) is 0 Å². The average molecular weight is 364 g/mol. The second-order valence-electron chi connectivity index (χ2n) is 5.59. The number of nitrogens with zero attached hydrogens (tertiary/aromatic N) is 1. The molecule has 0 bridgehead atoms. The number of rotatable bonds is 5. The summed E-state index contributed by atoms with van der Waals surface area (Å²) in [5, 5.41) is 9.39. The molecule has 1 heterocycles. The molecule has 27 heavy (non-hydrogen) atoms. The van der Waals surface area contributed by atoms with E-state index in [1.165, 1.54) is 13.2 Å². The second kappa shape index (κ2) is 7.57. The van der Waals surface area contributed by atoms with Gasteiger partial charge in [-0.25, -0.2) is 9.79 Å². The number of amides is 1. The molecule has 0 saturated heterocycles. The van der Waals surface area contributed by atoms with Crippen molar-refractivity contribution in [2.75, 3.05) is 7.11 Å². The van der Waals surface area contributed by atoms with Crippen molar-refractivity contribution in [2.24, 2.45) is 10.7 Å². The summed E-state index contributed by atoms with van der Waals surface area (Å²) in [5.74, 6) is -1.23. The van der Waals surface area contributed by atoms with Crippen molar-refractivity contribution in [3.8, 4) is 5.75 Å². The molecule has 7 heteroatoms. The van der Waals surface area contributed by atoms with Crippen molar-refractivity contribution >= 4 is 34.6 Å². The third-order valence-corrected chi connectivity index (χ3v) is 3.74. The summed E-state index contributed by atoms with van der Waals surface area (Å²) in [6.45, 7) is 0. The topological polar surface area (TPSA) is 115 Å². The maximum atomic E-state index is 11.8. The minimum Gasteiger partial charge on any atom is -0.493 e. The van der Waals surface area contributed by atoms with Crippen LogP contribution in [0.1, 0.15) is 15.9 Å². The molecule has 0 aliphatic rings. The summed E-state index contributed by atoms with van der Waals surface area (Å²) < 4.78 is 11.1. The van der Waals surface area contributed by atoms with Crippen LogP contribution in [0.25, 0.3) is 17.0 Å². The molecule has 7 nitrogen and oxygen atoms in total. The highest BCUT2D eigenvalue weighted by molar-refractivity contribution is 5.96. The molecule has 0 aliphatic heterocycles. The van der Waals surface area contributed by atoms with Gasteiger partial charge in [0.2, 0.25) is 5.55 Å². The number of carbonyl (C=O) groups excluding carboxylic acids is 1. The van der Waals surface area contributed by atoms with E-state index in [4.69, 9.17) is 20.0 Å². The first-order valence-corrected chi connectivity index (χ1v) is 7.94. The fraction of sp³-hybridized carbons (Fsp3) is 0.0500. The van der Waals surface area contributed by atoms with Gasteiger partial charge < -0.3 is 20.0 Å². The van der Waals surface area contributed by atoms with E-state index in [1.54, 1.807) is 48.5 Å². The number of carbonyl (C=O) groups is 2. The third kappa shape index (κ3) is 4.04. The van der Waals surface area contributed by atoms with Crippen LogP contribution >= 0.6 is 0 Å². The van der Waals surface area contributed by atoms with Gasteiger partial charge in [-0.1, -0.05) is 24.3 Å². The number of para-hydroxylation sites is 1. The quantitative estimate of drug-likeness (QED) is 0.676. The number of benzene rings is 2. The van der Waals surface area contributed by atoms with Gasteiger partial charge in [0.25, 0.3) is 5.91 Å². The van der Waals surface area contributed by atoms with Gasteiger partial charge >= 0.3 is 5.97 Å². The smallest absolute Gasteiger partial charge is 0.328 e. The average Bonchev–Trinajstić information content (AvgIpc) is 2.65. The standard InChI is InChI=1S/C20H16N2O5/c1-26-16-7-3-5-13-11-15(19(21)25)20(27-18(13)16)22-14-6-2-4-12(10-14)8-9-17(23)24/h2-11H,1H3,(H2,21,25)(H,23,24)/b9-8+,22-20?. The fourth-order valence-corrected chi connectivity index (χ4v) is 2.53. The largest absolute Gasteiger partial charge is 0.493 e. The van der Waals surface area contributed by atoms with Gasteiger partial charge in [0.05, 0.1) is 12.8 Å². The number of methoxy groups -OCH3 is 1. The minimum atomic E-state index is -1.05. The van der Waals surface area contributed by atoms with Gasteiger partial charge in [-0.3, -0.25) is 4.79 Å². The zero-order valence-corrected chi connectivity index (χ0v) is 14.4. The van der Waals surface area contributed by atoms with Crippen LogP contribution in [0.2, 0.25) is 0 Å². The Labute approximate surface area is 154 Å². The third-order valence-electron chi connectivity index (χ3n) is 3.74. The van der Waals surface area contributed by atoms with Crippen LogP contribution in [0.4, 0.5) is 5.69 Å². The predicted molar refractivity (Wildman–Crippen MR) is 99.6 cm³/mol. The lowest BCUT2D eigenvalue weighted by molar-refractivity contribution is -0.131. The van der Waals surface area contributed by atoms with Crippen LogP contribution in [-0.4, -0.2) is 24.1 Å². The molecule has 0 radical (unpaired) electrons. The first kappa shape index (κ1) is 17.9. The number of hydrogen-bond acceptors (Lipinski definition) is 5. The Morgan fingerprint density at radius 3 is 2.67 bits per heavy atom. The van der Waals surface area contributed by atoms with Crippen molar-refractivity contribution in [1.82, 2.24) is 0 Å². The van der Waals surface area contributed by atoms with Crippen LogP contribution in [-0.2, 0) is 4.79 Å². The molecule has 3 rings (SSSR count). The van der Waals surface area contributed by atoms with E-state index in [-0.39, 0.29) is 11.1 Å². The first-order valence-electron chi connectivity index (χ1n) is 7.94. The Hall–Kier alpha value is -3.87. The van der Waals surface area contributed by atoms with E-state index in [2.05, 4.69) is 4.99 Å². The monoisotopic (exact) mass is 364 g/mol. The Morgan fingerprint density at radius 1 is 1.19 bits per heavy atom. The van der Waals surface area contributed by atoms with Crippen LogP contribution < -0.4 is 16.0 Å². The normalized spacial score (nSPS) is 11.8. The molecule has 0 aliphatic carbocycles. The van der Waals surface area contributed by atoms with Crippen LogP contribution in [0.3, 0.4) is 0 Å². The molecule has 0 saturated carbocycles. The zero-order chi connectivity index (χ0) is 19.4. The first-order chi connectivity index (χ1) is 13.0. The summed E-state index contributed by atoms with van der Waals surface area (Å²) >= 11 is 0. The van der Waals surface area contributed by atoms with Crippen molar-refractivity contribution in [2.45, 2.75) is 0 Å². The summed E-state index contributed by atoms with van der Waals surface area (Å²) in [4.78, 5) is 26.9. The zero-order valence-electron chi connectivity index (χ0n) is 14.4. The number of carboxylic acids is 1. The molecular formula is C20H16N2O5. The number of hydrogen-bond donors (Lipinski definition) is 2. The number of nitrogens with two attached hydrogens (primary N) is 1. The SMILES string of the molecule is COc1cccc2cc(C(N)=O)c(=Nc3cccc(/C=C/C(=O)O)c3)oc12. The number of carboxylic acid groups (broad SMARTS) is 1. The van der Waals surface area contributed by atoms with Crippen LogP contribution in [0.5, 0.6) is 5.75 Å². The van der Waals surface area contributed by atoms with Gasteiger partial charge in [0.15, 0.2) is 11.3 Å². The predicted octanol–water partition coefficient (Wildman–Crippen LogP) is 2.87. The molecule has 2 aromatic carbocycles. The van der Waals surface area contributed by atoms with E-state index in [0.717, 1.165) is 6.08 Å².